The molecule has 2 aromatic carbocycles. The predicted molar refractivity (Wildman–Crippen MR) is 131 cm³/mol. The molecule has 2 bridgehead atoms. The SMILES string of the molecule is COc1ccc2c(c1)[C@@]13CC(NC(=O)c4ccc(Cl)cc4)COC1C1N(CC4CC4)CC1(C2)C3. The van der Waals surface area contributed by atoms with E-state index in [1.807, 2.05) is 0 Å². The zero-order valence-electron chi connectivity index (χ0n) is 19.6. The smallest absolute Gasteiger partial charge is 0.251 e. The van der Waals surface area contributed by atoms with Crippen molar-refractivity contribution in [2.75, 3.05) is 26.8 Å². The summed E-state index contributed by atoms with van der Waals surface area (Å²) in [7, 11) is 1.74. The minimum Gasteiger partial charge on any atom is -0.497 e. The van der Waals surface area contributed by atoms with Crippen LogP contribution in [0.4, 0.5) is 0 Å². The van der Waals surface area contributed by atoms with Gasteiger partial charge in [0, 0.05) is 40.5 Å². The summed E-state index contributed by atoms with van der Waals surface area (Å²) in [5, 5.41) is 3.91. The van der Waals surface area contributed by atoms with Gasteiger partial charge in [0.1, 0.15) is 5.75 Å². The molecule has 1 N–H and O–H groups in total. The van der Waals surface area contributed by atoms with Crippen LogP contribution in [0.5, 0.6) is 5.75 Å². The highest BCUT2D eigenvalue weighted by molar-refractivity contribution is 6.30. The van der Waals surface area contributed by atoms with E-state index in [9.17, 15) is 4.79 Å². The van der Waals surface area contributed by atoms with Crippen molar-refractivity contribution in [2.24, 2.45) is 11.3 Å². The molecule has 2 aliphatic heterocycles. The Bertz CT molecular complexity index is 1150. The third-order valence-electron chi connectivity index (χ3n) is 9.15. The number of benzene rings is 2. The monoisotopic (exact) mass is 478 g/mol. The van der Waals surface area contributed by atoms with Crippen LogP contribution in [0.2, 0.25) is 5.02 Å². The first kappa shape index (κ1) is 21.2. The molecule has 2 spiro atoms. The number of amides is 1. The van der Waals surface area contributed by atoms with Crippen LogP contribution in [0.25, 0.3) is 0 Å². The number of hydrogen-bond acceptors (Lipinski definition) is 4. The zero-order chi connectivity index (χ0) is 23.1. The summed E-state index contributed by atoms with van der Waals surface area (Å²) in [6, 6.07) is 14.2. The van der Waals surface area contributed by atoms with E-state index in [0.717, 1.165) is 30.9 Å². The van der Waals surface area contributed by atoms with E-state index >= 15 is 0 Å². The molecule has 1 amide bonds. The number of likely N-dealkylation sites (tertiary alicyclic amines) is 1. The third kappa shape index (κ3) is 3.09. The summed E-state index contributed by atoms with van der Waals surface area (Å²) < 4.78 is 12.4. The molecule has 0 aromatic heterocycles. The fraction of sp³-hybridized carbons (Fsp3) is 0.536. The first-order valence-electron chi connectivity index (χ1n) is 12.6. The molecule has 2 heterocycles. The highest BCUT2D eigenvalue weighted by Gasteiger charge is 2.72. The second kappa shape index (κ2) is 7.46. The number of nitrogens with zero attached hydrogens (tertiary/aromatic N) is 1. The van der Waals surface area contributed by atoms with Crippen molar-refractivity contribution in [3.05, 3.63) is 64.2 Å². The molecule has 4 unspecified atom stereocenters. The number of halogens is 1. The molecule has 4 fully saturated rings. The summed E-state index contributed by atoms with van der Waals surface area (Å²) >= 11 is 6.01. The van der Waals surface area contributed by atoms with Crippen molar-refractivity contribution in [1.82, 2.24) is 10.2 Å². The Morgan fingerprint density at radius 3 is 2.82 bits per heavy atom. The van der Waals surface area contributed by atoms with Crippen LogP contribution >= 0.6 is 11.6 Å². The highest BCUT2D eigenvalue weighted by atomic mass is 35.5. The average Bonchev–Trinajstić information content (AvgIpc) is 3.62. The van der Waals surface area contributed by atoms with Gasteiger partial charge >= 0.3 is 0 Å². The molecule has 5 nitrogen and oxygen atoms in total. The van der Waals surface area contributed by atoms with Gasteiger partial charge in [-0.05, 0) is 85.5 Å². The van der Waals surface area contributed by atoms with E-state index in [2.05, 4.69) is 28.4 Å². The maximum atomic E-state index is 13.0. The molecule has 5 atom stereocenters. The van der Waals surface area contributed by atoms with Crippen LogP contribution in [0.3, 0.4) is 0 Å². The summed E-state index contributed by atoms with van der Waals surface area (Å²) in [5.41, 5.74) is 3.68. The lowest BCUT2D eigenvalue weighted by molar-refractivity contribution is -0.127. The number of carbonyl (C=O) groups excluding carboxylic acids is 1. The molecule has 7 rings (SSSR count). The number of rotatable bonds is 5. The average molecular weight is 479 g/mol. The largest absolute Gasteiger partial charge is 0.497 e. The van der Waals surface area contributed by atoms with Crippen molar-refractivity contribution in [3.63, 3.8) is 0 Å². The number of ether oxygens (including phenoxy) is 2. The van der Waals surface area contributed by atoms with Gasteiger partial charge < -0.3 is 14.8 Å². The molecule has 2 saturated heterocycles. The van der Waals surface area contributed by atoms with Crippen LogP contribution in [0.15, 0.2) is 42.5 Å². The van der Waals surface area contributed by atoms with Gasteiger partial charge in [-0.2, -0.15) is 0 Å². The second-order valence-electron chi connectivity index (χ2n) is 11.3. The fourth-order valence-corrected chi connectivity index (χ4v) is 7.89. The van der Waals surface area contributed by atoms with E-state index < -0.39 is 0 Å². The third-order valence-corrected chi connectivity index (χ3v) is 9.40. The van der Waals surface area contributed by atoms with Gasteiger partial charge in [0.25, 0.3) is 5.91 Å². The van der Waals surface area contributed by atoms with Gasteiger partial charge in [-0.3, -0.25) is 9.69 Å². The summed E-state index contributed by atoms with van der Waals surface area (Å²) in [4.78, 5) is 15.7. The molecule has 34 heavy (non-hydrogen) atoms. The lowest BCUT2D eigenvalue weighted by Crippen LogP contribution is -2.67. The van der Waals surface area contributed by atoms with Crippen molar-refractivity contribution in [2.45, 2.75) is 55.7 Å². The molecule has 178 valence electrons. The minimum absolute atomic E-state index is 0.0250. The van der Waals surface area contributed by atoms with Crippen molar-refractivity contribution in [1.29, 1.82) is 0 Å². The maximum absolute atomic E-state index is 13.0. The number of hydrogen-bond donors (Lipinski definition) is 1. The molecular formula is C28H31ClN2O3. The van der Waals surface area contributed by atoms with Gasteiger partial charge in [0.2, 0.25) is 0 Å². The molecule has 2 saturated carbocycles. The van der Waals surface area contributed by atoms with Gasteiger partial charge in [-0.1, -0.05) is 17.7 Å². The summed E-state index contributed by atoms with van der Waals surface area (Å²) in [6.45, 7) is 2.97. The Hall–Kier alpha value is -2.08. The van der Waals surface area contributed by atoms with Crippen LogP contribution in [0.1, 0.15) is 47.2 Å². The van der Waals surface area contributed by atoms with E-state index in [4.69, 9.17) is 21.1 Å². The highest BCUT2D eigenvalue weighted by Crippen LogP contribution is 2.67. The minimum atomic E-state index is -0.0821. The van der Waals surface area contributed by atoms with Crippen LogP contribution in [-0.2, 0) is 16.6 Å². The van der Waals surface area contributed by atoms with E-state index in [-0.39, 0.29) is 23.5 Å². The van der Waals surface area contributed by atoms with Crippen molar-refractivity contribution in [3.8, 4) is 5.75 Å². The van der Waals surface area contributed by atoms with Crippen molar-refractivity contribution < 1.29 is 14.3 Å². The summed E-state index contributed by atoms with van der Waals surface area (Å²) in [5.74, 6) is 1.73. The molecule has 5 aliphatic rings. The Balaban J connectivity index is 1.22. The maximum Gasteiger partial charge on any atom is 0.251 e. The zero-order valence-corrected chi connectivity index (χ0v) is 20.3. The molecule has 2 aromatic rings. The lowest BCUT2D eigenvalue weighted by Gasteiger charge is -2.56. The first-order valence-corrected chi connectivity index (χ1v) is 13.0. The topological polar surface area (TPSA) is 50.8 Å². The number of fused-ring (bicyclic) bond motifs is 2. The van der Waals surface area contributed by atoms with Gasteiger partial charge in [0.15, 0.2) is 0 Å². The Morgan fingerprint density at radius 2 is 2.06 bits per heavy atom. The second-order valence-corrected chi connectivity index (χ2v) is 11.8. The quantitative estimate of drug-likeness (QED) is 0.699. The van der Waals surface area contributed by atoms with Crippen molar-refractivity contribution >= 4 is 17.5 Å². The number of methoxy groups -OCH3 is 1. The Labute approximate surface area is 205 Å². The number of nitrogens with one attached hydrogen (secondary N) is 1. The van der Waals surface area contributed by atoms with Gasteiger partial charge in [-0.25, -0.2) is 0 Å². The number of carbonyl (C=O) groups is 1. The van der Waals surface area contributed by atoms with Crippen LogP contribution in [-0.4, -0.2) is 55.8 Å². The Morgan fingerprint density at radius 1 is 1.24 bits per heavy atom. The lowest BCUT2D eigenvalue weighted by atomic mass is 9.61. The van der Waals surface area contributed by atoms with E-state index in [0.29, 0.717) is 28.6 Å². The molecular weight excluding hydrogens is 448 g/mol. The fourth-order valence-electron chi connectivity index (χ4n) is 7.77. The normalized spacial score (nSPS) is 35.5. The molecule has 6 heteroatoms. The van der Waals surface area contributed by atoms with Gasteiger partial charge in [-0.15, -0.1) is 0 Å². The van der Waals surface area contributed by atoms with Gasteiger partial charge in [0.05, 0.1) is 25.9 Å². The van der Waals surface area contributed by atoms with E-state index in [1.54, 1.807) is 31.4 Å². The predicted octanol–water partition coefficient (Wildman–Crippen LogP) is 4.21. The molecule has 0 radical (unpaired) electrons. The summed E-state index contributed by atoms with van der Waals surface area (Å²) in [6.07, 6.45) is 6.11. The molecule has 3 aliphatic carbocycles. The van der Waals surface area contributed by atoms with E-state index in [1.165, 1.54) is 37.1 Å². The van der Waals surface area contributed by atoms with Crippen LogP contribution < -0.4 is 10.1 Å². The van der Waals surface area contributed by atoms with Crippen LogP contribution in [0, 0.1) is 11.3 Å². The Kier molecular flexibility index (Phi) is 4.66. The first-order chi connectivity index (χ1) is 16.5. The standard InChI is InChI=1S/C28H31ClN2O3/c1-33-22-9-6-19-11-27-15-28(23(19)10-22)12-21(30-26(32)18-4-7-20(29)8-5-18)14-34-25(28)24(27)31(16-27)13-17-2-3-17/h4-10,17,21,24-25H,2-3,11-16H2,1H3,(H,30,32)/t21?,24?,25?,27?,28-/m0/s1.